The van der Waals surface area contributed by atoms with Crippen LogP contribution < -0.4 is 10.6 Å². The normalized spacial score (nSPS) is 19.7. The largest absolute Gasteiger partial charge is 0.422 e. The lowest BCUT2D eigenvalue weighted by molar-refractivity contribution is -0.133. The molecule has 1 unspecified atom stereocenters. The number of nitrogens with one attached hydrogen (secondary N) is 2. The van der Waals surface area contributed by atoms with Gasteiger partial charge in [0.2, 0.25) is 17.7 Å². The first kappa shape index (κ1) is 22.8. The number of carbonyl (C=O) groups is 3. The molecular weight excluding hydrogens is 378 g/mol. The molecule has 0 spiro atoms. The molecule has 10 heteroatoms. The van der Waals surface area contributed by atoms with Gasteiger partial charge in [0.25, 0.3) is 5.91 Å². The van der Waals surface area contributed by atoms with E-state index in [2.05, 4.69) is 20.8 Å². The molecule has 1 fully saturated rings. The van der Waals surface area contributed by atoms with Crippen LogP contribution in [0.2, 0.25) is 0 Å². The van der Waals surface area contributed by atoms with Crippen molar-refractivity contribution in [3.8, 4) is 0 Å². The summed E-state index contributed by atoms with van der Waals surface area (Å²) in [5.41, 5.74) is -0.377. The highest BCUT2D eigenvalue weighted by atomic mass is 16.4. The molecule has 1 saturated heterocycles. The molecular formula is C19H31N5O5. The van der Waals surface area contributed by atoms with Crippen LogP contribution in [0.1, 0.15) is 66.4 Å². The maximum absolute atomic E-state index is 12.5. The molecule has 0 bridgehead atoms. The van der Waals surface area contributed by atoms with Crippen LogP contribution in [-0.4, -0.2) is 56.7 Å². The molecule has 1 aliphatic heterocycles. The minimum atomic E-state index is -1.23. The van der Waals surface area contributed by atoms with E-state index < -0.39 is 42.6 Å². The Labute approximate surface area is 170 Å². The van der Waals surface area contributed by atoms with Crippen molar-refractivity contribution in [3.63, 3.8) is 0 Å². The Hall–Kier alpha value is -2.49. The summed E-state index contributed by atoms with van der Waals surface area (Å²) in [6.07, 6.45) is -1.23. The van der Waals surface area contributed by atoms with Gasteiger partial charge in [-0.25, -0.2) is 4.79 Å². The lowest BCUT2D eigenvalue weighted by Crippen LogP contribution is -2.48. The summed E-state index contributed by atoms with van der Waals surface area (Å²) in [7, 11) is 0. The summed E-state index contributed by atoms with van der Waals surface area (Å²) in [5.74, 6) is -0.882. The van der Waals surface area contributed by atoms with Crippen LogP contribution in [-0.2, 0) is 15.0 Å². The lowest BCUT2D eigenvalue weighted by atomic mass is 9.97. The monoisotopic (exact) mass is 409 g/mol. The van der Waals surface area contributed by atoms with Crippen LogP contribution in [0.3, 0.4) is 0 Å². The number of rotatable bonds is 7. The van der Waals surface area contributed by atoms with Crippen molar-refractivity contribution in [1.29, 1.82) is 0 Å². The van der Waals surface area contributed by atoms with Crippen LogP contribution in [0.15, 0.2) is 4.42 Å². The van der Waals surface area contributed by atoms with Gasteiger partial charge in [-0.3, -0.25) is 14.5 Å². The van der Waals surface area contributed by atoms with Crippen LogP contribution >= 0.6 is 0 Å². The van der Waals surface area contributed by atoms with Crippen molar-refractivity contribution >= 4 is 17.8 Å². The van der Waals surface area contributed by atoms with Crippen molar-refractivity contribution < 1.29 is 23.9 Å². The molecule has 0 aromatic carbocycles. The lowest BCUT2D eigenvalue weighted by Gasteiger charge is -2.26. The van der Waals surface area contributed by atoms with Crippen LogP contribution in [0, 0.1) is 11.8 Å². The van der Waals surface area contributed by atoms with Crippen molar-refractivity contribution in [2.75, 3.05) is 6.54 Å². The number of carbonyl (C=O) groups excluding carboxylic acids is 3. The summed E-state index contributed by atoms with van der Waals surface area (Å²) in [6, 6.07) is -1.98. The van der Waals surface area contributed by atoms with E-state index in [0.717, 1.165) is 4.90 Å². The standard InChI is InChI=1S/C19H31N5O5/c1-9(2)12(14(26)15-22-23-17(29-15)19(5,6)7)20-11(25)8-24-16(27)13(10(3)4)21-18(24)28/h9-10,12-14,26H,8H2,1-7H3,(H,20,25)(H,21,28)/t12-,13+,14?/m0/s1. The van der Waals surface area contributed by atoms with Gasteiger partial charge in [-0.2, -0.15) is 0 Å². The Morgan fingerprint density at radius 2 is 1.86 bits per heavy atom. The topological polar surface area (TPSA) is 138 Å². The Morgan fingerprint density at radius 3 is 2.31 bits per heavy atom. The van der Waals surface area contributed by atoms with Crippen molar-refractivity contribution in [3.05, 3.63) is 11.8 Å². The third-order valence-electron chi connectivity index (χ3n) is 4.75. The molecule has 1 aromatic rings. The number of urea groups is 1. The van der Waals surface area contributed by atoms with Crippen LogP contribution in [0.4, 0.5) is 4.79 Å². The van der Waals surface area contributed by atoms with Gasteiger partial charge in [0.05, 0.1) is 6.04 Å². The van der Waals surface area contributed by atoms with E-state index in [9.17, 15) is 19.5 Å². The smallest absolute Gasteiger partial charge is 0.325 e. The number of hydrogen-bond donors (Lipinski definition) is 3. The Bertz CT molecular complexity index is 767. The van der Waals surface area contributed by atoms with E-state index in [4.69, 9.17) is 4.42 Å². The Kier molecular flexibility index (Phi) is 6.67. The van der Waals surface area contributed by atoms with Gasteiger partial charge in [-0.15, -0.1) is 10.2 Å². The van der Waals surface area contributed by atoms with Gasteiger partial charge in [0.1, 0.15) is 12.6 Å². The predicted molar refractivity (Wildman–Crippen MR) is 104 cm³/mol. The number of aliphatic hydroxyl groups excluding tert-OH is 1. The summed E-state index contributed by atoms with van der Waals surface area (Å²) in [4.78, 5) is 37.8. The quantitative estimate of drug-likeness (QED) is 0.574. The second-order valence-electron chi connectivity index (χ2n) is 9.07. The minimum absolute atomic E-state index is 0.00351. The molecule has 3 N–H and O–H groups in total. The van der Waals surface area contributed by atoms with E-state index in [0.29, 0.717) is 5.89 Å². The molecule has 3 atom stereocenters. The van der Waals surface area contributed by atoms with Crippen LogP contribution in [0.5, 0.6) is 0 Å². The van der Waals surface area contributed by atoms with Crippen molar-refractivity contribution in [2.24, 2.45) is 11.8 Å². The fourth-order valence-electron chi connectivity index (χ4n) is 2.94. The molecule has 0 saturated carbocycles. The number of imide groups is 1. The van der Waals surface area contributed by atoms with Gasteiger partial charge < -0.3 is 20.2 Å². The first-order chi connectivity index (χ1) is 13.3. The summed E-state index contributed by atoms with van der Waals surface area (Å²) in [6.45, 7) is 12.5. The number of aromatic nitrogens is 2. The summed E-state index contributed by atoms with van der Waals surface area (Å²) in [5, 5.41) is 23.8. The van der Waals surface area contributed by atoms with Gasteiger partial charge in [-0.1, -0.05) is 48.5 Å². The van der Waals surface area contributed by atoms with E-state index in [1.165, 1.54) is 0 Å². The zero-order chi connectivity index (χ0) is 22.1. The number of amides is 4. The first-order valence-electron chi connectivity index (χ1n) is 9.76. The average Bonchev–Trinajstić information content (AvgIpc) is 3.19. The second-order valence-corrected chi connectivity index (χ2v) is 9.07. The molecule has 4 amide bonds. The van der Waals surface area contributed by atoms with E-state index >= 15 is 0 Å². The zero-order valence-electron chi connectivity index (χ0n) is 18.0. The fraction of sp³-hybridized carbons (Fsp3) is 0.737. The second kappa shape index (κ2) is 8.48. The van der Waals surface area contributed by atoms with E-state index in [1.807, 2.05) is 48.5 Å². The fourth-order valence-corrected chi connectivity index (χ4v) is 2.94. The van der Waals surface area contributed by atoms with E-state index in [1.54, 1.807) is 0 Å². The van der Waals surface area contributed by atoms with Crippen molar-refractivity contribution in [2.45, 2.75) is 72.1 Å². The average molecular weight is 409 g/mol. The van der Waals surface area contributed by atoms with Crippen molar-refractivity contribution in [1.82, 2.24) is 25.7 Å². The van der Waals surface area contributed by atoms with Gasteiger partial charge in [0.15, 0.2) is 6.10 Å². The van der Waals surface area contributed by atoms with E-state index in [-0.39, 0.29) is 23.1 Å². The third-order valence-corrected chi connectivity index (χ3v) is 4.75. The number of aliphatic hydroxyl groups is 1. The minimum Gasteiger partial charge on any atom is -0.422 e. The van der Waals surface area contributed by atoms with Gasteiger partial charge >= 0.3 is 6.03 Å². The SMILES string of the molecule is CC(C)[C@H](NC(=O)CN1C(=O)N[C@H](C(C)C)C1=O)C(O)c1nnc(C(C)(C)C)o1. The van der Waals surface area contributed by atoms with Gasteiger partial charge in [0, 0.05) is 5.41 Å². The molecule has 0 aliphatic carbocycles. The molecule has 0 radical (unpaired) electrons. The Morgan fingerprint density at radius 1 is 1.24 bits per heavy atom. The molecule has 2 heterocycles. The highest BCUT2D eigenvalue weighted by Crippen LogP contribution is 2.26. The zero-order valence-corrected chi connectivity index (χ0v) is 18.0. The Balaban J connectivity index is 2.08. The molecule has 10 nitrogen and oxygen atoms in total. The van der Waals surface area contributed by atoms with Gasteiger partial charge in [-0.05, 0) is 11.8 Å². The third kappa shape index (κ3) is 5.11. The first-order valence-corrected chi connectivity index (χ1v) is 9.76. The summed E-state index contributed by atoms with van der Waals surface area (Å²) < 4.78 is 5.58. The highest BCUT2D eigenvalue weighted by molar-refractivity contribution is 6.06. The highest BCUT2D eigenvalue weighted by Gasteiger charge is 2.41. The maximum atomic E-state index is 12.5. The van der Waals surface area contributed by atoms with Crippen LogP contribution in [0.25, 0.3) is 0 Å². The molecule has 2 rings (SSSR count). The number of nitrogens with zero attached hydrogens (tertiary/aromatic N) is 3. The summed E-state index contributed by atoms with van der Waals surface area (Å²) >= 11 is 0. The molecule has 1 aromatic heterocycles. The number of hydrogen-bond acceptors (Lipinski definition) is 7. The molecule has 162 valence electrons. The maximum Gasteiger partial charge on any atom is 0.325 e. The molecule has 29 heavy (non-hydrogen) atoms. The predicted octanol–water partition coefficient (Wildman–Crippen LogP) is 1.12. The molecule has 1 aliphatic rings.